The summed E-state index contributed by atoms with van der Waals surface area (Å²) in [6, 6.07) is 5.90. The number of anilines is 1. The number of nitrogens with zero attached hydrogens (tertiary/aromatic N) is 2. The first-order valence-corrected chi connectivity index (χ1v) is 8.47. The molecule has 2 rings (SSSR count). The summed E-state index contributed by atoms with van der Waals surface area (Å²) in [5.41, 5.74) is 4.91. The number of carbonyl (C=O) groups excluding carboxylic acids is 2. The molecule has 1 saturated heterocycles. The lowest BCUT2D eigenvalue weighted by Crippen LogP contribution is -2.42. The molecule has 8 heteroatoms. The third-order valence-electron chi connectivity index (χ3n) is 3.78. The first kappa shape index (κ1) is 17.5. The van der Waals surface area contributed by atoms with E-state index in [2.05, 4.69) is 35.9 Å². The molecule has 0 aromatic carbocycles. The molecule has 126 valence electrons. The van der Waals surface area contributed by atoms with Crippen molar-refractivity contribution in [1.82, 2.24) is 10.3 Å². The van der Waals surface area contributed by atoms with Gasteiger partial charge in [-0.2, -0.15) is 0 Å². The van der Waals surface area contributed by atoms with Gasteiger partial charge in [-0.25, -0.2) is 9.78 Å². The average molecular weight is 385 g/mol. The highest BCUT2D eigenvalue weighted by Gasteiger charge is 2.27. The monoisotopic (exact) mass is 384 g/mol. The van der Waals surface area contributed by atoms with Gasteiger partial charge in [0.2, 0.25) is 0 Å². The van der Waals surface area contributed by atoms with Crippen LogP contribution in [0.2, 0.25) is 0 Å². The lowest BCUT2D eigenvalue weighted by molar-refractivity contribution is -0.120. The zero-order valence-corrected chi connectivity index (χ0v) is 14.4. The summed E-state index contributed by atoms with van der Waals surface area (Å²) < 4.78 is 4.64. The van der Waals surface area contributed by atoms with Gasteiger partial charge in [0.1, 0.15) is 5.82 Å². The molecular formula is C15H21BrN4O3. The van der Waals surface area contributed by atoms with Gasteiger partial charge in [0.05, 0.1) is 0 Å². The number of nitrogens with one attached hydrogen (secondary N) is 1. The molecule has 1 aromatic rings. The van der Waals surface area contributed by atoms with Crippen molar-refractivity contribution in [3.63, 3.8) is 0 Å². The molecule has 0 bridgehead atoms. The molecule has 2 unspecified atom stereocenters. The van der Waals surface area contributed by atoms with Crippen molar-refractivity contribution >= 4 is 33.7 Å². The first-order valence-electron chi connectivity index (χ1n) is 7.55. The van der Waals surface area contributed by atoms with Crippen molar-refractivity contribution in [2.75, 3.05) is 31.1 Å². The van der Waals surface area contributed by atoms with Gasteiger partial charge in [-0.05, 0) is 30.9 Å². The van der Waals surface area contributed by atoms with Gasteiger partial charge < -0.3 is 20.7 Å². The topological polar surface area (TPSA) is 97.6 Å². The fourth-order valence-electron chi connectivity index (χ4n) is 2.57. The number of amides is 2. The Hall–Kier alpha value is -1.83. The fraction of sp³-hybridized carbons (Fsp3) is 0.533. The third kappa shape index (κ3) is 5.70. The Bertz CT molecular complexity index is 529. The van der Waals surface area contributed by atoms with E-state index in [-0.39, 0.29) is 0 Å². The number of pyridine rings is 1. The zero-order chi connectivity index (χ0) is 16.7. The van der Waals surface area contributed by atoms with Crippen molar-refractivity contribution in [2.24, 2.45) is 11.7 Å². The Morgan fingerprint density at radius 3 is 2.96 bits per heavy atom. The van der Waals surface area contributed by atoms with Gasteiger partial charge in [0, 0.05) is 30.7 Å². The minimum Gasteiger partial charge on any atom is -0.439 e. The molecule has 1 aromatic heterocycles. The van der Waals surface area contributed by atoms with Crippen LogP contribution in [0, 0.1) is 5.92 Å². The Labute approximate surface area is 143 Å². The van der Waals surface area contributed by atoms with Crippen molar-refractivity contribution < 1.29 is 14.3 Å². The number of nitrogens with two attached hydrogens (primary N) is 1. The largest absolute Gasteiger partial charge is 0.439 e. The second kappa shape index (κ2) is 8.71. The number of hydrogen-bond donors (Lipinski definition) is 2. The second-order valence-electron chi connectivity index (χ2n) is 5.46. The molecule has 1 aliphatic rings. The van der Waals surface area contributed by atoms with E-state index in [9.17, 15) is 9.59 Å². The summed E-state index contributed by atoms with van der Waals surface area (Å²) >= 11 is 3.73. The smallest absolute Gasteiger partial charge is 0.407 e. The summed E-state index contributed by atoms with van der Waals surface area (Å²) in [4.78, 5) is 28.8. The molecule has 0 radical (unpaired) electrons. The first-order chi connectivity index (χ1) is 11.1. The van der Waals surface area contributed by atoms with E-state index in [4.69, 9.17) is 5.73 Å². The molecule has 0 aliphatic carbocycles. The number of alkyl carbamates (subject to hydrolysis) is 1. The molecule has 0 saturated carbocycles. The number of aromatic nitrogens is 1. The summed E-state index contributed by atoms with van der Waals surface area (Å²) in [6.07, 6.45) is 3.05. The Morgan fingerprint density at radius 1 is 1.48 bits per heavy atom. The minimum absolute atomic E-state index is 0.335. The van der Waals surface area contributed by atoms with Crippen LogP contribution in [-0.4, -0.2) is 48.1 Å². The molecular weight excluding hydrogens is 364 g/mol. The molecule has 2 atom stereocenters. The normalized spacial score (nSPS) is 20.8. The van der Waals surface area contributed by atoms with Crippen LogP contribution < -0.4 is 16.0 Å². The maximum atomic E-state index is 11.3. The second-order valence-corrected chi connectivity index (χ2v) is 6.63. The number of piperidine rings is 1. The quantitative estimate of drug-likeness (QED) is 0.719. The van der Waals surface area contributed by atoms with E-state index in [1.807, 2.05) is 18.2 Å². The highest BCUT2D eigenvalue weighted by atomic mass is 79.9. The van der Waals surface area contributed by atoms with Crippen LogP contribution in [0.4, 0.5) is 10.6 Å². The number of primary amides is 1. The number of hydrogen-bond acceptors (Lipinski definition) is 5. The molecule has 2 heterocycles. The zero-order valence-electron chi connectivity index (χ0n) is 12.8. The van der Waals surface area contributed by atoms with Crippen LogP contribution in [0.25, 0.3) is 0 Å². The summed E-state index contributed by atoms with van der Waals surface area (Å²) in [5.74, 6) is 0.789. The molecule has 23 heavy (non-hydrogen) atoms. The highest BCUT2D eigenvalue weighted by molar-refractivity contribution is 9.09. The molecule has 2 amide bonds. The van der Waals surface area contributed by atoms with Gasteiger partial charge >= 0.3 is 6.09 Å². The van der Waals surface area contributed by atoms with Crippen LogP contribution in [-0.2, 0) is 9.53 Å². The van der Waals surface area contributed by atoms with E-state index >= 15 is 0 Å². The molecule has 7 nitrogen and oxygen atoms in total. The lowest BCUT2D eigenvalue weighted by atomic mass is 9.93. The predicted octanol–water partition coefficient (Wildman–Crippen LogP) is 1.27. The molecule has 1 aliphatic heterocycles. The van der Waals surface area contributed by atoms with Crippen molar-refractivity contribution in [2.45, 2.75) is 17.7 Å². The number of ether oxygens (including phenoxy) is 1. The van der Waals surface area contributed by atoms with Gasteiger partial charge in [-0.3, -0.25) is 4.79 Å². The molecule has 0 spiro atoms. The fourth-order valence-corrected chi connectivity index (χ4v) is 3.45. The summed E-state index contributed by atoms with van der Waals surface area (Å²) in [5, 5.41) is 2.63. The van der Waals surface area contributed by atoms with E-state index in [1.165, 1.54) is 0 Å². The number of carbonyl (C=O) groups is 2. The van der Waals surface area contributed by atoms with E-state index < -0.39 is 18.6 Å². The van der Waals surface area contributed by atoms with Crippen molar-refractivity contribution in [3.8, 4) is 0 Å². The van der Waals surface area contributed by atoms with Gasteiger partial charge in [0.25, 0.3) is 5.91 Å². The van der Waals surface area contributed by atoms with Crippen LogP contribution in [0.5, 0.6) is 0 Å². The van der Waals surface area contributed by atoms with E-state index in [0.29, 0.717) is 17.3 Å². The summed E-state index contributed by atoms with van der Waals surface area (Å²) in [7, 11) is 0. The maximum Gasteiger partial charge on any atom is 0.407 e. The van der Waals surface area contributed by atoms with E-state index in [0.717, 1.165) is 31.7 Å². The standard InChI is InChI=1S/C15H21BrN4O3/c16-12-9-20(14-3-1-2-6-18-14)8-5-11(12)4-7-19-15(22)23-10-13(17)21/h1-3,6,11-12H,4-5,7-10H2,(H2,17,21)(H,19,22). The number of alkyl halides is 1. The van der Waals surface area contributed by atoms with Crippen molar-refractivity contribution in [1.29, 1.82) is 0 Å². The number of rotatable bonds is 6. The highest BCUT2D eigenvalue weighted by Crippen LogP contribution is 2.28. The van der Waals surface area contributed by atoms with Gasteiger partial charge in [-0.1, -0.05) is 22.0 Å². The minimum atomic E-state index is -0.664. The third-order valence-corrected chi connectivity index (χ3v) is 4.82. The van der Waals surface area contributed by atoms with Crippen LogP contribution >= 0.6 is 15.9 Å². The average Bonchev–Trinajstić information content (AvgIpc) is 2.55. The Kier molecular flexibility index (Phi) is 6.64. The van der Waals surface area contributed by atoms with Gasteiger partial charge in [-0.15, -0.1) is 0 Å². The Balaban J connectivity index is 1.70. The van der Waals surface area contributed by atoms with Gasteiger partial charge in [0.15, 0.2) is 6.61 Å². The maximum absolute atomic E-state index is 11.3. The lowest BCUT2D eigenvalue weighted by Gasteiger charge is -2.36. The summed E-state index contributed by atoms with van der Waals surface area (Å²) in [6.45, 7) is 1.94. The number of halogens is 1. The Morgan fingerprint density at radius 2 is 2.30 bits per heavy atom. The van der Waals surface area contributed by atoms with Crippen LogP contribution in [0.1, 0.15) is 12.8 Å². The van der Waals surface area contributed by atoms with Crippen LogP contribution in [0.3, 0.4) is 0 Å². The van der Waals surface area contributed by atoms with E-state index in [1.54, 1.807) is 6.20 Å². The molecule has 1 fully saturated rings. The predicted molar refractivity (Wildman–Crippen MR) is 90.4 cm³/mol. The molecule has 3 N–H and O–H groups in total. The van der Waals surface area contributed by atoms with Crippen LogP contribution in [0.15, 0.2) is 24.4 Å². The van der Waals surface area contributed by atoms with Crippen molar-refractivity contribution in [3.05, 3.63) is 24.4 Å². The SMILES string of the molecule is NC(=O)COC(=O)NCCC1CCN(c2ccccn2)CC1Br.